The topological polar surface area (TPSA) is 46.6 Å². The molecule has 0 radical (unpaired) electrons. The maximum atomic E-state index is 11.0. The molecule has 0 aromatic heterocycles. The number of ether oxygens (including phenoxy) is 1. The van der Waals surface area contributed by atoms with Gasteiger partial charge in [-0.25, -0.2) is 0 Å². The van der Waals surface area contributed by atoms with Crippen molar-refractivity contribution in [2.45, 2.75) is 6.42 Å². The van der Waals surface area contributed by atoms with Gasteiger partial charge in [-0.15, -0.1) is 0 Å². The molecule has 102 valence electrons. The first kappa shape index (κ1) is 14.3. The van der Waals surface area contributed by atoms with Gasteiger partial charge >= 0.3 is 0 Å². The lowest BCUT2D eigenvalue weighted by Crippen LogP contribution is -2.32. The van der Waals surface area contributed by atoms with Gasteiger partial charge in [0.25, 0.3) is 0 Å². The summed E-state index contributed by atoms with van der Waals surface area (Å²) < 4.78 is 5.25. The van der Waals surface area contributed by atoms with E-state index in [1.165, 1.54) is 0 Å². The first-order valence-corrected chi connectivity index (χ1v) is 6.65. The van der Waals surface area contributed by atoms with Crippen LogP contribution in [0.25, 0.3) is 0 Å². The average Bonchev–Trinajstić information content (AvgIpc) is 2.45. The Kier molecular flexibility index (Phi) is 4.80. The van der Waals surface area contributed by atoms with E-state index < -0.39 is 0 Å². The number of hydrogen-bond donors (Lipinski definition) is 0. The second kappa shape index (κ2) is 6.37. The number of halogens is 2. The van der Waals surface area contributed by atoms with Crippen LogP contribution in [0.15, 0.2) is 33.0 Å². The first-order valence-electron chi connectivity index (χ1n) is 5.89. The number of morpholine rings is 1. The van der Waals surface area contributed by atoms with Gasteiger partial charge in [0.15, 0.2) is 0 Å². The van der Waals surface area contributed by atoms with Gasteiger partial charge in [-0.3, -0.25) is 9.59 Å². The van der Waals surface area contributed by atoms with Gasteiger partial charge in [-0.05, 0) is 0 Å². The van der Waals surface area contributed by atoms with E-state index in [0.29, 0.717) is 52.6 Å². The van der Waals surface area contributed by atoms with Crippen molar-refractivity contribution < 1.29 is 14.3 Å². The quantitative estimate of drug-likeness (QED) is 0.748. The molecule has 0 aromatic carbocycles. The fourth-order valence-corrected chi connectivity index (χ4v) is 2.55. The Balaban J connectivity index is 2.37. The van der Waals surface area contributed by atoms with Crippen molar-refractivity contribution in [1.29, 1.82) is 0 Å². The minimum absolute atomic E-state index is 0.186. The van der Waals surface area contributed by atoms with Crippen LogP contribution in [-0.2, 0) is 14.3 Å². The summed E-state index contributed by atoms with van der Waals surface area (Å²) in [5, 5.41) is 0.634. The Morgan fingerprint density at radius 2 is 1.53 bits per heavy atom. The summed E-state index contributed by atoms with van der Waals surface area (Å²) in [7, 11) is 0. The monoisotopic (exact) mass is 301 g/mol. The van der Waals surface area contributed by atoms with Crippen LogP contribution in [0.2, 0.25) is 0 Å². The predicted molar refractivity (Wildman–Crippen MR) is 73.0 cm³/mol. The molecule has 0 unspecified atom stereocenters. The van der Waals surface area contributed by atoms with Crippen LogP contribution in [0.1, 0.15) is 6.42 Å². The largest absolute Gasteiger partial charge is 0.378 e. The third-order valence-electron chi connectivity index (χ3n) is 3.06. The van der Waals surface area contributed by atoms with Crippen LogP contribution < -0.4 is 0 Å². The molecule has 0 spiro atoms. The highest BCUT2D eigenvalue weighted by Gasteiger charge is 2.23. The summed E-state index contributed by atoms with van der Waals surface area (Å²) in [6.45, 7) is 2.72. The van der Waals surface area contributed by atoms with Gasteiger partial charge in [0, 0.05) is 42.4 Å². The maximum absolute atomic E-state index is 11.0. The number of carbonyl (C=O) groups excluding carboxylic acids is 2. The Labute approximate surface area is 121 Å². The summed E-state index contributed by atoms with van der Waals surface area (Å²) >= 11 is 12.3. The van der Waals surface area contributed by atoms with E-state index in [2.05, 4.69) is 0 Å². The third kappa shape index (κ3) is 3.08. The lowest BCUT2D eigenvalue weighted by Gasteiger charge is -2.27. The molecule has 1 heterocycles. The fraction of sp³-hybridized carbons (Fsp3) is 0.385. The Morgan fingerprint density at radius 1 is 1.00 bits per heavy atom. The van der Waals surface area contributed by atoms with Gasteiger partial charge < -0.3 is 9.64 Å². The van der Waals surface area contributed by atoms with Crippen molar-refractivity contribution >= 4 is 35.8 Å². The van der Waals surface area contributed by atoms with Gasteiger partial charge in [-0.1, -0.05) is 23.2 Å². The number of rotatable bonds is 3. The molecule has 1 aliphatic heterocycles. The standard InChI is InChI=1S/C13H13Cl2NO3/c14-12-9(7-17)5-10(8-18)13(15)11(12)6-16-1-3-19-4-2-16/h6-8H,1-5H2. The summed E-state index contributed by atoms with van der Waals surface area (Å²) in [4.78, 5) is 24.0. The van der Waals surface area contributed by atoms with Crippen LogP contribution >= 0.6 is 23.2 Å². The lowest BCUT2D eigenvalue weighted by molar-refractivity contribution is -0.105. The highest BCUT2D eigenvalue weighted by molar-refractivity contribution is 6.40. The minimum atomic E-state index is 0.186. The van der Waals surface area contributed by atoms with E-state index >= 15 is 0 Å². The van der Waals surface area contributed by atoms with Crippen LogP contribution in [0.3, 0.4) is 0 Å². The molecule has 19 heavy (non-hydrogen) atoms. The summed E-state index contributed by atoms with van der Waals surface area (Å²) in [5.41, 5.74) is 1.29. The number of carbonyl (C=O) groups is 2. The summed E-state index contributed by atoms with van der Waals surface area (Å²) in [6.07, 6.45) is 3.31. The van der Waals surface area contributed by atoms with Crippen molar-refractivity contribution in [3.8, 4) is 0 Å². The lowest BCUT2D eigenvalue weighted by atomic mass is 9.96. The van der Waals surface area contributed by atoms with Crippen molar-refractivity contribution in [3.63, 3.8) is 0 Å². The van der Waals surface area contributed by atoms with Gasteiger partial charge in [-0.2, -0.15) is 0 Å². The van der Waals surface area contributed by atoms with E-state index in [0.717, 1.165) is 13.1 Å². The second-order valence-electron chi connectivity index (χ2n) is 4.28. The molecule has 1 fully saturated rings. The van der Waals surface area contributed by atoms with Crippen molar-refractivity contribution in [1.82, 2.24) is 4.90 Å². The average molecular weight is 302 g/mol. The summed E-state index contributed by atoms with van der Waals surface area (Å²) in [5.74, 6) is 0. The molecule has 1 saturated heterocycles. The van der Waals surface area contributed by atoms with E-state index in [1.807, 2.05) is 4.90 Å². The van der Waals surface area contributed by atoms with Crippen LogP contribution in [0, 0.1) is 0 Å². The van der Waals surface area contributed by atoms with Gasteiger partial charge in [0.05, 0.1) is 23.3 Å². The Hall–Kier alpha value is -1.10. The van der Waals surface area contributed by atoms with E-state index in [-0.39, 0.29) is 6.42 Å². The smallest absolute Gasteiger partial charge is 0.147 e. The molecule has 1 aliphatic carbocycles. The normalized spacial score (nSPS) is 20.7. The fourth-order valence-electron chi connectivity index (χ4n) is 1.99. The van der Waals surface area contributed by atoms with Crippen LogP contribution in [0.5, 0.6) is 0 Å². The molecule has 0 amide bonds. The molecule has 2 rings (SSSR count). The van der Waals surface area contributed by atoms with Crippen molar-refractivity contribution in [3.05, 3.63) is 33.0 Å². The zero-order chi connectivity index (χ0) is 13.8. The number of nitrogens with zero attached hydrogens (tertiary/aromatic N) is 1. The molecular formula is C13H13Cl2NO3. The molecule has 0 bridgehead atoms. The molecule has 6 heteroatoms. The van der Waals surface area contributed by atoms with Crippen molar-refractivity contribution in [2.75, 3.05) is 26.3 Å². The molecule has 0 N–H and O–H groups in total. The van der Waals surface area contributed by atoms with Gasteiger partial charge in [0.1, 0.15) is 12.6 Å². The first-order chi connectivity index (χ1) is 9.17. The number of allylic oxidation sites excluding steroid dienone is 5. The van der Waals surface area contributed by atoms with E-state index in [9.17, 15) is 9.59 Å². The van der Waals surface area contributed by atoms with E-state index in [1.54, 1.807) is 6.20 Å². The highest BCUT2D eigenvalue weighted by atomic mass is 35.5. The minimum Gasteiger partial charge on any atom is -0.378 e. The van der Waals surface area contributed by atoms with Crippen LogP contribution in [-0.4, -0.2) is 43.8 Å². The molecule has 0 saturated carbocycles. The molecular weight excluding hydrogens is 289 g/mol. The van der Waals surface area contributed by atoms with Crippen molar-refractivity contribution in [2.24, 2.45) is 0 Å². The van der Waals surface area contributed by atoms with E-state index in [4.69, 9.17) is 27.9 Å². The van der Waals surface area contributed by atoms with Gasteiger partial charge in [0.2, 0.25) is 0 Å². The Bertz CT molecular complexity index is 456. The third-order valence-corrected chi connectivity index (χ3v) is 3.95. The zero-order valence-electron chi connectivity index (χ0n) is 10.2. The number of aldehydes is 2. The second-order valence-corrected chi connectivity index (χ2v) is 5.04. The molecule has 2 aliphatic rings. The van der Waals surface area contributed by atoms with Crippen LogP contribution in [0.4, 0.5) is 0 Å². The predicted octanol–water partition coefficient (Wildman–Crippen LogP) is 1.99. The maximum Gasteiger partial charge on any atom is 0.147 e. The SMILES string of the molecule is O=CC1=C(Cl)C(=CN2CCOCC2)C(Cl)=C(C=O)C1. The molecule has 0 aromatic rings. The number of hydrogen-bond acceptors (Lipinski definition) is 4. The Morgan fingerprint density at radius 3 is 2.00 bits per heavy atom. The molecule has 4 nitrogen and oxygen atoms in total. The summed E-state index contributed by atoms with van der Waals surface area (Å²) in [6, 6.07) is 0. The highest BCUT2D eigenvalue weighted by Crippen LogP contribution is 2.37. The molecule has 0 atom stereocenters. The zero-order valence-corrected chi connectivity index (χ0v) is 11.7.